The Morgan fingerprint density at radius 3 is 2.58 bits per heavy atom. The molecule has 0 aromatic heterocycles. The summed E-state index contributed by atoms with van der Waals surface area (Å²) in [5.41, 5.74) is 1.89. The zero-order chi connectivity index (χ0) is 18.5. The van der Waals surface area contributed by atoms with Crippen molar-refractivity contribution in [1.29, 1.82) is 0 Å². The van der Waals surface area contributed by atoms with Crippen molar-refractivity contribution in [3.8, 4) is 5.75 Å². The fourth-order valence-electron chi connectivity index (χ4n) is 4.71. The summed E-state index contributed by atoms with van der Waals surface area (Å²) in [6.45, 7) is 2.86. The van der Waals surface area contributed by atoms with Gasteiger partial charge in [0.1, 0.15) is 11.8 Å². The molecular formula is C19H26N2O4S. The second-order valence-corrected chi connectivity index (χ2v) is 9.37. The van der Waals surface area contributed by atoms with Crippen molar-refractivity contribution in [1.82, 2.24) is 9.21 Å². The molecule has 0 radical (unpaired) electrons. The predicted octanol–water partition coefficient (Wildman–Crippen LogP) is 1.96. The van der Waals surface area contributed by atoms with E-state index in [1.54, 1.807) is 26.2 Å². The Bertz CT molecular complexity index is 836. The molecule has 1 aromatic carbocycles. The van der Waals surface area contributed by atoms with E-state index in [9.17, 15) is 13.2 Å². The molecule has 2 atom stereocenters. The second kappa shape index (κ2) is 6.53. The van der Waals surface area contributed by atoms with Gasteiger partial charge in [-0.2, -0.15) is 4.31 Å². The van der Waals surface area contributed by atoms with E-state index in [0.717, 1.165) is 61.9 Å². The van der Waals surface area contributed by atoms with Gasteiger partial charge < -0.3 is 9.64 Å². The molecule has 2 aliphatic heterocycles. The molecule has 0 unspecified atom stereocenters. The minimum atomic E-state index is -3.72. The van der Waals surface area contributed by atoms with Crippen LogP contribution in [0.3, 0.4) is 0 Å². The van der Waals surface area contributed by atoms with Crippen LogP contribution in [0.15, 0.2) is 17.0 Å². The Balaban J connectivity index is 1.76. The average molecular weight is 378 g/mol. The zero-order valence-electron chi connectivity index (χ0n) is 15.4. The molecule has 0 saturated carbocycles. The molecular weight excluding hydrogens is 352 g/mol. The van der Waals surface area contributed by atoms with Crippen molar-refractivity contribution < 1.29 is 17.9 Å². The number of methoxy groups -OCH3 is 1. The molecule has 2 saturated heterocycles. The summed E-state index contributed by atoms with van der Waals surface area (Å²) in [5, 5.41) is 0. The van der Waals surface area contributed by atoms with Gasteiger partial charge in [0.15, 0.2) is 0 Å². The van der Waals surface area contributed by atoms with E-state index in [-0.39, 0.29) is 11.9 Å². The fourth-order valence-corrected chi connectivity index (χ4v) is 6.62. The van der Waals surface area contributed by atoms with Gasteiger partial charge in [-0.25, -0.2) is 8.42 Å². The van der Waals surface area contributed by atoms with Crippen molar-refractivity contribution in [3.05, 3.63) is 23.3 Å². The zero-order valence-corrected chi connectivity index (χ0v) is 16.2. The van der Waals surface area contributed by atoms with Crippen LogP contribution in [-0.4, -0.2) is 55.8 Å². The fraction of sp³-hybridized carbons (Fsp3) is 0.632. The SMILES string of the molecule is COc1ccc(S(=O)(=O)N2C[C@@H]3CCCN3C(=O)[C@@H]2C)c2c1CCCC2. The molecule has 3 aliphatic rings. The summed E-state index contributed by atoms with van der Waals surface area (Å²) in [7, 11) is -2.10. The van der Waals surface area contributed by atoms with E-state index in [1.165, 1.54) is 4.31 Å². The number of nitrogens with zero attached hydrogens (tertiary/aromatic N) is 2. The lowest BCUT2D eigenvalue weighted by Gasteiger charge is -2.41. The van der Waals surface area contributed by atoms with E-state index in [2.05, 4.69) is 0 Å². The Kier molecular flexibility index (Phi) is 4.47. The number of fused-ring (bicyclic) bond motifs is 2. The molecule has 6 nitrogen and oxygen atoms in total. The van der Waals surface area contributed by atoms with Gasteiger partial charge >= 0.3 is 0 Å². The molecule has 1 amide bonds. The second-order valence-electron chi connectivity index (χ2n) is 7.51. The topological polar surface area (TPSA) is 66.9 Å². The van der Waals surface area contributed by atoms with Crippen molar-refractivity contribution >= 4 is 15.9 Å². The number of piperazine rings is 1. The van der Waals surface area contributed by atoms with Crippen LogP contribution in [0.1, 0.15) is 43.7 Å². The first kappa shape index (κ1) is 17.8. The molecule has 7 heteroatoms. The maximum Gasteiger partial charge on any atom is 0.244 e. The van der Waals surface area contributed by atoms with Crippen LogP contribution in [-0.2, 0) is 27.7 Å². The predicted molar refractivity (Wildman–Crippen MR) is 97.7 cm³/mol. The van der Waals surface area contributed by atoms with Crippen LogP contribution < -0.4 is 4.74 Å². The van der Waals surface area contributed by atoms with Crippen LogP contribution in [0, 0.1) is 0 Å². The van der Waals surface area contributed by atoms with Gasteiger partial charge in [-0.3, -0.25) is 4.79 Å². The Morgan fingerprint density at radius 2 is 1.85 bits per heavy atom. The minimum absolute atomic E-state index is 0.0162. The number of sulfonamides is 1. The third-order valence-electron chi connectivity index (χ3n) is 6.10. The molecule has 1 aliphatic carbocycles. The first-order chi connectivity index (χ1) is 12.4. The van der Waals surface area contributed by atoms with Gasteiger partial charge in [0.2, 0.25) is 15.9 Å². The average Bonchev–Trinajstić information content (AvgIpc) is 3.12. The molecule has 1 aromatic rings. The van der Waals surface area contributed by atoms with Crippen LogP contribution in [0.4, 0.5) is 0 Å². The lowest BCUT2D eigenvalue weighted by Crippen LogP contribution is -2.60. The highest BCUT2D eigenvalue weighted by atomic mass is 32.2. The van der Waals surface area contributed by atoms with Gasteiger partial charge in [-0.1, -0.05) is 0 Å². The van der Waals surface area contributed by atoms with Gasteiger partial charge in [-0.15, -0.1) is 0 Å². The molecule has 26 heavy (non-hydrogen) atoms. The summed E-state index contributed by atoms with van der Waals surface area (Å²) in [4.78, 5) is 14.9. The first-order valence-electron chi connectivity index (χ1n) is 9.46. The maximum absolute atomic E-state index is 13.5. The highest BCUT2D eigenvalue weighted by Gasteiger charge is 2.45. The normalized spacial score (nSPS) is 26.5. The van der Waals surface area contributed by atoms with E-state index < -0.39 is 16.1 Å². The highest BCUT2D eigenvalue weighted by Crippen LogP contribution is 2.37. The number of carbonyl (C=O) groups excluding carboxylic acids is 1. The summed E-state index contributed by atoms with van der Waals surface area (Å²) in [6.07, 6.45) is 5.44. The number of ether oxygens (including phenoxy) is 1. The van der Waals surface area contributed by atoms with Gasteiger partial charge in [0.05, 0.1) is 12.0 Å². The highest BCUT2D eigenvalue weighted by molar-refractivity contribution is 7.89. The number of hydrogen-bond donors (Lipinski definition) is 0. The first-order valence-corrected chi connectivity index (χ1v) is 10.9. The standard InChI is InChI=1S/C19H26N2O4S/c1-13-19(22)20-11-5-6-14(20)12-21(13)26(23,24)18-10-9-17(25-2)15-7-3-4-8-16(15)18/h9-10,13-14H,3-8,11-12H2,1-2H3/t13-,14-/m0/s1. The number of rotatable bonds is 3. The van der Waals surface area contributed by atoms with Crippen LogP contribution >= 0.6 is 0 Å². The Morgan fingerprint density at radius 1 is 1.12 bits per heavy atom. The number of benzene rings is 1. The number of amides is 1. The van der Waals surface area contributed by atoms with Crippen LogP contribution in [0.2, 0.25) is 0 Å². The largest absolute Gasteiger partial charge is 0.496 e. The molecule has 2 fully saturated rings. The Hall–Kier alpha value is -1.60. The maximum atomic E-state index is 13.5. The molecule has 2 heterocycles. The third-order valence-corrected chi connectivity index (χ3v) is 8.12. The summed E-state index contributed by atoms with van der Waals surface area (Å²) in [5.74, 6) is 0.702. The molecule has 0 N–H and O–H groups in total. The molecule has 0 spiro atoms. The van der Waals surface area contributed by atoms with Crippen molar-refractivity contribution in [2.75, 3.05) is 20.2 Å². The van der Waals surface area contributed by atoms with E-state index in [0.29, 0.717) is 11.4 Å². The lowest BCUT2D eigenvalue weighted by atomic mass is 9.91. The van der Waals surface area contributed by atoms with Gasteiger partial charge in [-0.05, 0) is 68.7 Å². The van der Waals surface area contributed by atoms with Crippen LogP contribution in [0.5, 0.6) is 5.75 Å². The van der Waals surface area contributed by atoms with Crippen LogP contribution in [0.25, 0.3) is 0 Å². The smallest absolute Gasteiger partial charge is 0.244 e. The summed E-state index contributed by atoms with van der Waals surface area (Å²) in [6, 6.07) is 2.80. The minimum Gasteiger partial charge on any atom is -0.496 e. The third kappa shape index (κ3) is 2.63. The lowest BCUT2D eigenvalue weighted by molar-refractivity contribution is -0.139. The van der Waals surface area contributed by atoms with E-state index in [1.807, 2.05) is 4.90 Å². The summed E-state index contributed by atoms with van der Waals surface area (Å²) < 4.78 is 33.9. The van der Waals surface area contributed by atoms with E-state index >= 15 is 0 Å². The quantitative estimate of drug-likeness (QED) is 0.806. The van der Waals surface area contributed by atoms with Crippen molar-refractivity contribution in [3.63, 3.8) is 0 Å². The molecule has 0 bridgehead atoms. The molecule has 4 rings (SSSR count). The number of carbonyl (C=O) groups is 1. The van der Waals surface area contributed by atoms with E-state index in [4.69, 9.17) is 4.74 Å². The summed E-state index contributed by atoms with van der Waals surface area (Å²) >= 11 is 0. The Labute approximate surface area is 155 Å². The van der Waals surface area contributed by atoms with Crippen molar-refractivity contribution in [2.24, 2.45) is 0 Å². The van der Waals surface area contributed by atoms with Crippen molar-refractivity contribution in [2.45, 2.75) is 62.4 Å². The number of hydrogen-bond acceptors (Lipinski definition) is 4. The van der Waals surface area contributed by atoms with Gasteiger partial charge in [0.25, 0.3) is 0 Å². The molecule has 142 valence electrons. The van der Waals surface area contributed by atoms with Gasteiger partial charge in [0, 0.05) is 19.1 Å². The monoisotopic (exact) mass is 378 g/mol.